The van der Waals surface area contributed by atoms with Gasteiger partial charge in [0, 0.05) is 0 Å². The fraction of sp³-hybridized carbons (Fsp3) is 0.714. The van der Waals surface area contributed by atoms with Gasteiger partial charge < -0.3 is 9.59 Å². The Bertz CT molecular complexity index is 131. The fourth-order valence-electron chi connectivity index (χ4n) is 1.32. The van der Waals surface area contributed by atoms with Crippen molar-refractivity contribution in [1.29, 1.82) is 0 Å². The molecule has 0 radical (unpaired) electrons. The molecule has 1 aliphatic heterocycles. The van der Waals surface area contributed by atoms with Gasteiger partial charge in [-0.05, 0) is 19.9 Å². The van der Waals surface area contributed by atoms with Gasteiger partial charge in [-0.25, -0.2) is 0 Å². The molecule has 0 N–H and O–H groups in total. The van der Waals surface area contributed by atoms with E-state index >= 15 is 0 Å². The molecule has 1 fully saturated rings. The van der Waals surface area contributed by atoms with Crippen molar-refractivity contribution in [3.63, 3.8) is 0 Å². The standard InChI is InChI=1S/C7H11NO2/c1-8-6(4-9)2-3-7(8)5-10/h4-7H,2-3H2,1H3/t6-,7+. The van der Waals surface area contributed by atoms with E-state index in [1.807, 2.05) is 11.9 Å². The third kappa shape index (κ3) is 1.09. The highest BCUT2D eigenvalue weighted by molar-refractivity contribution is 5.64. The first-order chi connectivity index (χ1) is 4.79. The van der Waals surface area contributed by atoms with Gasteiger partial charge in [0.05, 0.1) is 12.1 Å². The molecule has 0 aromatic heterocycles. The summed E-state index contributed by atoms with van der Waals surface area (Å²) >= 11 is 0. The Morgan fingerprint density at radius 3 is 1.80 bits per heavy atom. The zero-order valence-corrected chi connectivity index (χ0v) is 5.99. The smallest absolute Gasteiger partial charge is 0.137 e. The minimum absolute atomic E-state index is 0.0322. The zero-order valence-electron chi connectivity index (χ0n) is 5.99. The largest absolute Gasteiger partial charge is 0.302 e. The molecular formula is C7H11NO2. The molecule has 0 aromatic carbocycles. The molecule has 0 bridgehead atoms. The lowest BCUT2D eigenvalue weighted by Crippen LogP contribution is -2.33. The molecule has 2 atom stereocenters. The lowest BCUT2D eigenvalue weighted by atomic mass is 10.2. The molecule has 0 unspecified atom stereocenters. The normalized spacial score (nSPS) is 34.1. The predicted molar refractivity (Wildman–Crippen MR) is 36.7 cm³/mol. The molecule has 1 saturated heterocycles. The van der Waals surface area contributed by atoms with Gasteiger partial charge in [0.1, 0.15) is 12.6 Å². The van der Waals surface area contributed by atoms with Crippen molar-refractivity contribution in [1.82, 2.24) is 4.90 Å². The molecule has 1 rings (SSSR count). The van der Waals surface area contributed by atoms with Crippen LogP contribution in [0.15, 0.2) is 0 Å². The number of nitrogens with zero attached hydrogens (tertiary/aromatic N) is 1. The van der Waals surface area contributed by atoms with Crippen LogP contribution < -0.4 is 0 Å². The second-order valence-corrected chi connectivity index (χ2v) is 2.65. The Balaban J connectivity index is 2.56. The van der Waals surface area contributed by atoms with Gasteiger partial charge >= 0.3 is 0 Å². The number of aldehydes is 2. The maximum Gasteiger partial charge on any atom is 0.137 e. The number of rotatable bonds is 2. The summed E-state index contributed by atoms with van der Waals surface area (Å²) in [6.45, 7) is 0. The van der Waals surface area contributed by atoms with Crippen LogP contribution in [0.3, 0.4) is 0 Å². The Kier molecular flexibility index (Phi) is 2.17. The summed E-state index contributed by atoms with van der Waals surface area (Å²) in [7, 11) is 1.81. The summed E-state index contributed by atoms with van der Waals surface area (Å²) in [6.07, 6.45) is 3.46. The van der Waals surface area contributed by atoms with Crippen molar-refractivity contribution < 1.29 is 9.59 Å². The Morgan fingerprint density at radius 1 is 1.20 bits per heavy atom. The lowest BCUT2D eigenvalue weighted by Gasteiger charge is -2.16. The third-order valence-corrected chi connectivity index (χ3v) is 2.12. The van der Waals surface area contributed by atoms with E-state index in [0.29, 0.717) is 0 Å². The number of hydrogen-bond acceptors (Lipinski definition) is 3. The highest BCUT2D eigenvalue weighted by Gasteiger charge is 2.29. The first-order valence-corrected chi connectivity index (χ1v) is 3.42. The summed E-state index contributed by atoms with van der Waals surface area (Å²) < 4.78 is 0. The number of carbonyl (C=O) groups excluding carboxylic acids is 2. The molecule has 3 nitrogen and oxygen atoms in total. The van der Waals surface area contributed by atoms with Crippen LogP contribution in [-0.2, 0) is 9.59 Å². The van der Waals surface area contributed by atoms with Gasteiger partial charge in [0.15, 0.2) is 0 Å². The van der Waals surface area contributed by atoms with Gasteiger partial charge in [-0.1, -0.05) is 0 Å². The Labute approximate surface area is 60.0 Å². The summed E-state index contributed by atoms with van der Waals surface area (Å²) in [4.78, 5) is 22.5. The van der Waals surface area contributed by atoms with Crippen molar-refractivity contribution in [2.75, 3.05) is 7.05 Å². The summed E-state index contributed by atoms with van der Waals surface area (Å²) in [5.41, 5.74) is 0. The summed E-state index contributed by atoms with van der Waals surface area (Å²) in [5, 5.41) is 0. The van der Waals surface area contributed by atoms with Crippen molar-refractivity contribution in [3.8, 4) is 0 Å². The monoisotopic (exact) mass is 141 g/mol. The number of hydrogen-bond donors (Lipinski definition) is 0. The molecule has 3 heteroatoms. The van der Waals surface area contributed by atoms with Crippen LogP contribution in [0.1, 0.15) is 12.8 Å². The number of carbonyl (C=O) groups is 2. The predicted octanol–water partition coefficient (Wildman–Crippen LogP) is -0.153. The fourth-order valence-corrected chi connectivity index (χ4v) is 1.32. The number of likely N-dealkylation sites (tertiary alicyclic amines) is 1. The van der Waals surface area contributed by atoms with E-state index in [1.54, 1.807) is 0 Å². The Hall–Kier alpha value is -0.700. The molecular weight excluding hydrogens is 130 g/mol. The molecule has 0 aliphatic carbocycles. The van der Waals surface area contributed by atoms with Gasteiger partial charge in [0.25, 0.3) is 0 Å². The Morgan fingerprint density at radius 2 is 1.60 bits per heavy atom. The van der Waals surface area contributed by atoms with Gasteiger partial charge in [-0.2, -0.15) is 0 Å². The second kappa shape index (κ2) is 2.92. The summed E-state index contributed by atoms with van der Waals surface area (Å²) in [5.74, 6) is 0. The highest BCUT2D eigenvalue weighted by atomic mass is 16.1. The molecule has 0 amide bonds. The van der Waals surface area contributed by atoms with Crippen molar-refractivity contribution in [2.45, 2.75) is 24.9 Å². The molecule has 56 valence electrons. The minimum atomic E-state index is -0.0322. The van der Waals surface area contributed by atoms with Crippen molar-refractivity contribution in [2.24, 2.45) is 0 Å². The zero-order chi connectivity index (χ0) is 7.56. The van der Waals surface area contributed by atoms with Crippen LogP contribution in [0.25, 0.3) is 0 Å². The van der Waals surface area contributed by atoms with Gasteiger partial charge in [0.2, 0.25) is 0 Å². The number of likely N-dealkylation sites (N-methyl/N-ethyl adjacent to an activating group) is 1. The average molecular weight is 141 g/mol. The third-order valence-electron chi connectivity index (χ3n) is 2.12. The topological polar surface area (TPSA) is 37.4 Å². The quantitative estimate of drug-likeness (QED) is 0.502. The van der Waals surface area contributed by atoms with E-state index in [-0.39, 0.29) is 12.1 Å². The molecule has 0 saturated carbocycles. The van der Waals surface area contributed by atoms with Crippen LogP contribution in [0, 0.1) is 0 Å². The van der Waals surface area contributed by atoms with Gasteiger partial charge in [-0.15, -0.1) is 0 Å². The SMILES string of the molecule is CN1[C@H](C=O)CC[C@@H]1C=O. The van der Waals surface area contributed by atoms with Crippen molar-refractivity contribution in [3.05, 3.63) is 0 Å². The van der Waals surface area contributed by atoms with E-state index in [4.69, 9.17) is 0 Å². The van der Waals surface area contributed by atoms with Crippen LogP contribution in [0.2, 0.25) is 0 Å². The van der Waals surface area contributed by atoms with Crippen LogP contribution in [0.5, 0.6) is 0 Å². The highest BCUT2D eigenvalue weighted by Crippen LogP contribution is 2.18. The molecule has 1 aliphatic rings. The van der Waals surface area contributed by atoms with E-state index in [0.717, 1.165) is 25.4 Å². The molecule has 0 spiro atoms. The van der Waals surface area contributed by atoms with Crippen LogP contribution >= 0.6 is 0 Å². The average Bonchev–Trinajstić information content (AvgIpc) is 2.30. The first kappa shape index (κ1) is 7.41. The molecule has 10 heavy (non-hydrogen) atoms. The van der Waals surface area contributed by atoms with E-state index < -0.39 is 0 Å². The van der Waals surface area contributed by atoms with E-state index in [2.05, 4.69) is 0 Å². The lowest BCUT2D eigenvalue weighted by molar-refractivity contribution is -0.114. The van der Waals surface area contributed by atoms with E-state index in [1.165, 1.54) is 0 Å². The van der Waals surface area contributed by atoms with E-state index in [9.17, 15) is 9.59 Å². The minimum Gasteiger partial charge on any atom is -0.302 e. The molecule has 1 heterocycles. The maximum absolute atomic E-state index is 10.3. The van der Waals surface area contributed by atoms with Gasteiger partial charge in [-0.3, -0.25) is 4.90 Å². The first-order valence-electron chi connectivity index (χ1n) is 3.42. The molecule has 0 aromatic rings. The van der Waals surface area contributed by atoms with Crippen molar-refractivity contribution >= 4 is 12.6 Å². The van der Waals surface area contributed by atoms with Crippen LogP contribution in [-0.4, -0.2) is 36.6 Å². The summed E-state index contributed by atoms with van der Waals surface area (Å²) in [6, 6.07) is -0.0644. The maximum atomic E-state index is 10.3. The van der Waals surface area contributed by atoms with Crippen LogP contribution in [0.4, 0.5) is 0 Å². The second-order valence-electron chi connectivity index (χ2n) is 2.65.